The van der Waals surface area contributed by atoms with Gasteiger partial charge in [0.1, 0.15) is 0 Å². The number of hydrogen-bond donors (Lipinski definition) is 2. The second-order valence-electron chi connectivity index (χ2n) is 2.72. The molecule has 0 aromatic heterocycles. The zero-order valence-corrected chi connectivity index (χ0v) is 8.38. The summed E-state index contributed by atoms with van der Waals surface area (Å²) in [6, 6.07) is 6.40. The van der Waals surface area contributed by atoms with E-state index < -0.39 is 16.0 Å². The molecule has 0 amide bonds. The van der Waals surface area contributed by atoms with Crippen LogP contribution in [0.15, 0.2) is 29.2 Å². The van der Waals surface area contributed by atoms with Crippen molar-refractivity contribution in [2.45, 2.75) is 11.8 Å². The smallest absolute Gasteiger partial charge is 0.285 e. The van der Waals surface area contributed by atoms with Gasteiger partial charge in [0.15, 0.2) is 0 Å². The van der Waals surface area contributed by atoms with Crippen LogP contribution in [0.1, 0.15) is 5.56 Å². The number of rotatable bonds is 2. The molecule has 75 valence electrons. The Labute approximate surface area is 82.5 Å². The van der Waals surface area contributed by atoms with Crippen molar-refractivity contribution in [3.63, 3.8) is 0 Å². The number of hydrogen-bond acceptors (Lipinski definition) is 3. The first-order chi connectivity index (χ1) is 6.43. The Morgan fingerprint density at radius 2 is 2.00 bits per heavy atom. The van der Waals surface area contributed by atoms with Crippen LogP contribution in [0.3, 0.4) is 0 Å². The lowest BCUT2D eigenvalue weighted by Gasteiger charge is -2.04. The Bertz CT molecular complexity index is 453. The van der Waals surface area contributed by atoms with E-state index in [0.29, 0.717) is 5.56 Å². The van der Waals surface area contributed by atoms with Crippen molar-refractivity contribution in [2.24, 2.45) is 5.73 Å². The highest BCUT2D eigenvalue weighted by molar-refractivity contribution is 7.90. The molecule has 0 heterocycles. The average molecular weight is 212 g/mol. The van der Waals surface area contributed by atoms with E-state index in [1.165, 1.54) is 6.07 Å². The Hall–Kier alpha value is -1.56. The third-order valence-electron chi connectivity index (χ3n) is 1.59. The fourth-order valence-corrected chi connectivity index (χ4v) is 2.11. The molecule has 0 bridgehead atoms. The van der Waals surface area contributed by atoms with Crippen LogP contribution in [0.25, 0.3) is 0 Å². The molecule has 0 saturated carbocycles. The normalized spacial score (nSPS) is 10.9. The summed E-state index contributed by atoms with van der Waals surface area (Å²) in [6.45, 7) is 1.66. The molecule has 0 spiro atoms. The van der Waals surface area contributed by atoms with Gasteiger partial charge in [-0.3, -0.25) is 5.41 Å². The van der Waals surface area contributed by atoms with Gasteiger partial charge >= 0.3 is 0 Å². The summed E-state index contributed by atoms with van der Waals surface area (Å²) >= 11 is 0. The SMILES string of the molecule is Cc1ccccc1S(=O)(=O)[N]C(=N)N. The Balaban J connectivity index is 3.17. The van der Waals surface area contributed by atoms with Crippen LogP contribution in [-0.2, 0) is 10.0 Å². The van der Waals surface area contributed by atoms with Crippen LogP contribution in [0.4, 0.5) is 0 Å². The predicted molar refractivity (Wildman–Crippen MR) is 52.4 cm³/mol. The molecule has 0 saturated heterocycles. The standard InChI is InChI=1S/C8H10N3O2S/c1-6-4-2-3-5-7(6)14(12,13)11-8(9)10/h2-5H,1H3,(H3,9,10). The topological polar surface area (TPSA) is 98.1 Å². The van der Waals surface area contributed by atoms with Gasteiger partial charge in [0.2, 0.25) is 5.96 Å². The van der Waals surface area contributed by atoms with Gasteiger partial charge in [-0.15, -0.1) is 4.72 Å². The molecule has 0 atom stereocenters. The van der Waals surface area contributed by atoms with Crippen LogP contribution < -0.4 is 10.5 Å². The molecule has 1 aromatic carbocycles. The number of sulfonamides is 1. The predicted octanol–water partition coefficient (Wildman–Crippen LogP) is 0.182. The number of nitrogens with zero attached hydrogens (tertiary/aromatic N) is 1. The monoisotopic (exact) mass is 212 g/mol. The van der Waals surface area contributed by atoms with E-state index in [1.807, 2.05) is 0 Å². The first kappa shape index (κ1) is 10.5. The first-order valence-corrected chi connectivity index (χ1v) is 5.25. The Morgan fingerprint density at radius 1 is 1.43 bits per heavy atom. The summed E-state index contributed by atoms with van der Waals surface area (Å²) in [6.07, 6.45) is 0. The van der Waals surface area contributed by atoms with Gasteiger partial charge in [-0.05, 0) is 18.6 Å². The van der Waals surface area contributed by atoms with E-state index in [1.54, 1.807) is 25.1 Å². The number of nitrogens with one attached hydrogen (secondary N) is 1. The van der Waals surface area contributed by atoms with Crippen LogP contribution in [0.2, 0.25) is 0 Å². The summed E-state index contributed by atoms with van der Waals surface area (Å²) in [4.78, 5) is 0.0789. The van der Waals surface area contributed by atoms with E-state index in [-0.39, 0.29) is 4.90 Å². The van der Waals surface area contributed by atoms with Crippen molar-refractivity contribution in [1.29, 1.82) is 5.41 Å². The molecule has 14 heavy (non-hydrogen) atoms. The molecule has 0 aliphatic carbocycles. The largest absolute Gasteiger partial charge is 0.368 e. The Kier molecular flexibility index (Phi) is 2.76. The van der Waals surface area contributed by atoms with Crippen LogP contribution >= 0.6 is 0 Å². The maximum Gasteiger partial charge on any atom is 0.285 e. The summed E-state index contributed by atoms with van der Waals surface area (Å²) < 4.78 is 26.0. The van der Waals surface area contributed by atoms with Crippen LogP contribution in [0, 0.1) is 12.3 Å². The minimum atomic E-state index is -3.81. The molecule has 1 radical (unpaired) electrons. The molecule has 6 heteroatoms. The molecule has 3 N–H and O–H groups in total. The fraction of sp³-hybridized carbons (Fsp3) is 0.125. The van der Waals surface area contributed by atoms with Gasteiger partial charge in [-0.25, -0.2) is 0 Å². The van der Waals surface area contributed by atoms with E-state index in [2.05, 4.69) is 4.72 Å². The van der Waals surface area contributed by atoms with E-state index >= 15 is 0 Å². The molecular weight excluding hydrogens is 202 g/mol. The summed E-state index contributed by atoms with van der Waals surface area (Å²) in [5.41, 5.74) is 5.48. The van der Waals surface area contributed by atoms with Crippen LogP contribution in [-0.4, -0.2) is 14.4 Å². The highest BCUT2D eigenvalue weighted by atomic mass is 32.2. The third-order valence-corrected chi connectivity index (χ3v) is 3.04. The third kappa shape index (κ3) is 2.23. The lowest BCUT2D eigenvalue weighted by molar-refractivity contribution is 0.591. The highest BCUT2D eigenvalue weighted by Crippen LogP contribution is 2.13. The summed E-state index contributed by atoms with van der Waals surface area (Å²) in [7, 11) is -3.81. The first-order valence-electron chi connectivity index (χ1n) is 3.81. The maximum atomic E-state index is 11.5. The lowest BCUT2D eigenvalue weighted by atomic mass is 10.2. The number of benzene rings is 1. The molecule has 1 aromatic rings. The van der Waals surface area contributed by atoms with E-state index in [0.717, 1.165) is 0 Å². The van der Waals surface area contributed by atoms with Gasteiger partial charge < -0.3 is 5.73 Å². The van der Waals surface area contributed by atoms with Crippen molar-refractivity contribution < 1.29 is 8.42 Å². The zero-order chi connectivity index (χ0) is 10.8. The summed E-state index contributed by atoms with van der Waals surface area (Å²) in [5.74, 6) is -0.715. The molecular formula is C8H10N3O2S. The van der Waals surface area contributed by atoms with Gasteiger partial charge in [0.05, 0.1) is 4.90 Å². The molecule has 0 unspecified atom stereocenters. The van der Waals surface area contributed by atoms with Crippen molar-refractivity contribution in [2.75, 3.05) is 0 Å². The van der Waals surface area contributed by atoms with Gasteiger partial charge in [-0.2, -0.15) is 8.42 Å². The van der Waals surface area contributed by atoms with Crippen molar-refractivity contribution in [3.05, 3.63) is 29.8 Å². The molecule has 0 aliphatic rings. The van der Waals surface area contributed by atoms with Crippen molar-refractivity contribution >= 4 is 16.0 Å². The van der Waals surface area contributed by atoms with Crippen molar-refractivity contribution in [3.8, 4) is 0 Å². The number of guanidine groups is 1. The van der Waals surface area contributed by atoms with E-state index in [9.17, 15) is 8.42 Å². The maximum absolute atomic E-state index is 11.5. The Morgan fingerprint density at radius 3 is 2.50 bits per heavy atom. The lowest BCUT2D eigenvalue weighted by Crippen LogP contribution is -2.29. The minimum Gasteiger partial charge on any atom is -0.368 e. The fourth-order valence-electron chi connectivity index (χ4n) is 1.02. The summed E-state index contributed by atoms with van der Waals surface area (Å²) in [5, 5.41) is 6.80. The van der Waals surface area contributed by atoms with Crippen LogP contribution in [0.5, 0.6) is 0 Å². The minimum absolute atomic E-state index is 0.0789. The molecule has 1 rings (SSSR count). The second-order valence-corrected chi connectivity index (χ2v) is 4.29. The number of nitrogens with two attached hydrogens (primary N) is 1. The van der Waals surface area contributed by atoms with Gasteiger partial charge in [0, 0.05) is 0 Å². The molecule has 0 aliphatic heterocycles. The quantitative estimate of drug-likeness (QED) is 0.540. The highest BCUT2D eigenvalue weighted by Gasteiger charge is 2.18. The second kappa shape index (κ2) is 3.67. The van der Waals surface area contributed by atoms with E-state index in [4.69, 9.17) is 11.1 Å². The van der Waals surface area contributed by atoms with Crippen molar-refractivity contribution in [1.82, 2.24) is 4.72 Å². The zero-order valence-electron chi connectivity index (χ0n) is 7.56. The van der Waals surface area contributed by atoms with Gasteiger partial charge in [0.25, 0.3) is 10.0 Å². The number of aryl methyl sites for hydroxylation is 1. The molecule has 0 fully saturated rings. The van der Waals surface area contributed by atoms with Gasteiger partial charge in [-0.1, -0.05) is 18.2 Å². The molecule has 5 nitrogen and oxygen atoms in total. The average Bonchev–Trinajstić information content (AvgIpc) is 2.02.